The van der Waals surface area contributed by atoms with Crippen molar-refractivity contribution in [2.24, 2.45) is 10.7 Å². The zero-order valence-electron chi connectivity index (χ0n) is 14.0. The van der Waals surface area contributed by atoms with Crippen molar-refractivity contribution < 1.29 is 14.3 Å². The molecule has 9 heteroatoms. The summed E-state index contributed by atoms with van der Waals surface area (Å²) in [7, 11) is 0. The van der Waals surface area contributed by atoms with E-state index in [1.165, 1.54) is 17.0 Å². The van der Waals surface area contributed by atoms with E-state index < -0.39 is 12.2 Å². The lowest BCUT2D eigenvalue weighted by atomic mass is 10.1. The van der Waals surface area contributed by atoms with Crippen molar-refractivity contribution in [1.82, 2.24) is 9.88 Å². The lowest BCUT2D eigenvalue weighted by molar-refractivity contribution is -0.112. The van der Waals surface area contributed by atoms with Gasteiger partial charge in [-0.25, -0.2) is 0 Å². The van der Waals surface area contributed by atoms with Crippen molar-refractivity contribution in [3.63, 3.8) is 0 Å². The summed E-state index contributed by atoms with van der Waals surface area (Å²) in [6.45, 7) is 2.33. The number of aromatic nitrogens is 1. The number of carbonyl (C=O) groups is 1. The Hall–Kier alpha value is -3.33. The van der Waals surface area contributed by atoms with E-state index in [2.05, 4.69) is 15.6 Å². The maximum absolute atomic E-state index is 12.8. The van der Waals surface area contributed by atoms with Gasteiger partial charge in [-0.3, -0.25) is 24.9 Å². The zero-order chi connectivity index (χ0) is 18.3. The first-order chi connectivity index (χ1) is 12.6. The monoisotopic (exact) mass is 355 g/mol. The molecular formula is C17H17N5O4. The molecule has 3 heterocycles. The number of hydrogen-bond acceptors (Lipinski definition) is 7. The predicted molar refractivity (Wildman–Crippen MR) is 96.3 cm³/mol. The minimum absolute atomic E-state index is 0.0995. The standard InChI is InChI=1S/C17H17N5O4/c1-2-22-13(21-15(23)9-6-19-17(18)20-7-9)5-11-10(16(22)24)3-4-12-14(11)26-8-25-12/h3-7,17,19H,2,8,18H2,1H3,(H,21,23). The molecule has 9 nitrogen and oxygen atoms in total. The number of carbonyl (C=O) groups excluding carboxylic acids is 1. The minimum atomic E-state index is -0.569. The number of nitrogens with zero attached hydrogens (tertiary/aromatic N) is 2. The van der Waals surface area contributed by atoms with Gasteiger partial charge in [0, 0.05) is 24.3 Å². The van der Waals surface area contributed by atoms with E-state index in [1.54, 1.807) is 18.2 Å². The normalized spacial score (nSPS) is 17.8. The van der Waals surface area contributed by atoms with E-state index in [4.69, 9.17) is 15.2 Å². The summed E-state index contributed by atoms with van der Waals surface area (Å²) >= 11 is 0. The first kappa shape index (κ1) is 16.2. The fraction of sp³-hybridized carbons (Fsp3) is 0.235. The molecule has 0 saturated heterocycles. The summed E-state index contributed by atoms with van der Waals surface area (Å²) in [6.07, 6.45) is 2.30. The van der Waals surface area contributed by atoms with Crippen LogP contribution in [0.5, 0.6) is 11.5 Å². The Labute approximate surface area is 148 Å². The molecule has 0 saturated carbocycles. The van der Waals surface area contributed by atoms with Gasteiger partial charge in [-0.1, -0.05) is 0 Å². The third-order valence-electron chi connectivity index (χ3n) is 4.23. The second-order valence-electron chi connectivity index (χ2n) is 5.78. The summed E-state index contributed by atoms with van der Waals surface area (Å²) in [6, 6.07) is 5.12. The number of rotatable bonds is 3. The summed E-state index contributed by atoms with van der Waals surface area (Å²) in [5.74, 6) is 1.04. The van der Waals surface area contributed by atoms with Crippen LogP contribution in [-0.4, -0.2) is 29.8 Å². The Kier molecular flexibility index (Phi) is 3.85. The largest absolute Gasteiger partial charge is 0.454 e. The van der Waals surface area contributed by atoms with Gasteiger partial charge in [0.25, 0.3) is 11.5 Å². The summed E-state index contributed by atoms with van der Waals surface area (Å²) in [5.41, 5.74) is 5.66. The molecule has 1 atom stereocenters. The van der Waals surface area contributed by atoms with Crippen LogP contribution in [0.1, 0.15) is 6.92 Å². The maximum atomic E-state index is 12.8. The molecular weight excluding hydrogens is 338 g/mol. The predicted octanol–water partition coefficient (Wildman–Crippen LogP) is 0.489. The molecule has 1 aromatic carbocycles. The smallest absolute Gasteiger partial charge is 0.260 e. The van der Waals surface area contributed by atoms with Gasteiger partial charge in [-0.15, -0.1) is 0 Å². The average molecular weight is 355 g/mol. The third-order valence-corrected chi connectivity index (χ3v) is 4.23. The van der Waals surface area contributed by atoms with E-state index in [-0.39, 0.29) is 12.4 Å². The van der Waals surface area contributed by atoms with E-state index in [9.17, 15) is 9.59 Å². The summed E-state index contributed by atoms with van der Waals surface area (Å²) < 4.78 is 12.3. The Morgan fingerprint density at radius 2 is 2.27 bits per heavy atom. The maximum Gasteiger partial charge on any atom is 0.260 e. The van der Waals surface area contributed by atoms with Crippen LogP contribution >= 0.6 is 0 Å². The molecule has 26 heavy (non-hydrogen) atoms. The Bertz CT molecular complexity index is 1020. The first-order valence-corrected chi connectivity index (χ1v) is 8.11. The highest BCUT2D eigenvalue weighted by molar-refractivity contribution is 6.18. The highest BCUT2D eigenvalue weighted by Crippen LogP contribution is 2.38. The van der Waals surface area contributed by atoms with Gasteiger partial charge in [-0.05, 0) is 25.1 Å². The second-order valence-corrected chi connectivity index (χ2v) is 5.78. The van der Waals surface area contributed by atoms with Crippen LogP contribution in [0.4, 0.5) is 5.82 Å². The van der Waals surface area contributed by atoms with Gasteiger partial charge >= 0.3 is 0 Å². The molecule has 0 fully saturated rings. The molecule has 0 bridgehead atoms. The van der Waals surface area contributed by atoms with Crippen LogP contribution in [0.15, 0.2) is 39.8 Å². The van der Waals surface area contributed by atoms with E-state index in [1.807, 2.05) is 6.92 Å². The molecule has 0 aliphatic carbocycles. The van der Waals surface area contributed by atoms with Gasteiger partial charge in [0.15, 0.2) is 17.8 Å². The van der Waals surface area contributed by atoms with Crippen LogP contribution in [0.3, 0.4) is 0 Å². The summed E-state index contributed by atoms with van der Waals surface area (Å²) in [5, 5.41) is 6.61. The Morgan fingerprint density at radius 3 is 3.00 bits per heavy atom. The number of amides is 1. The van der Waals surface area contributed by atoms with Gasteiger partial charge in [0.1, 0.15) is 5.82 Å². The molecule has 0 radical (unpaired) electrons. The molecule has 1 aromatic heterocycles. The van der Waals surface area contributed by atoms with Gasteiger partial charge < -0.3 is 20.1 Å². The molecule has 4 rings (SSSR count). The van der Waals surface area contributed by atoms with Gasteiger partial charge in [-0.2, -0.15) is 0 Å². The fourth-order valence-electron chi connectivity index (χ4n) is 2.94. The SMILES string of the molecule is CCn1c(NC(=O)C2=CNC(N)N=C2)cc2c3c(ccc2c1=O)OCO3. The molecule has 4 N–H and O–H groups in total. The molecule has 2 aliphatic heterocycles. The number of aliphatic imine (C=N–C) groups is 1. The van der Waals surface area contributed by atoms with Crippen molar-refractivity contribution in [2.75, 3.05) is 12.1 Å². The lowest BCUT2D eigenvalue weighted by Crippen LogP contribution is -2.36. The highest BCUT2D eigenvalue weighted by atomic mass is 16.7. The molecule has 2 aromatic rings. The minimum Gasteiger partial charge on any atom is -0.454 e. The number of nitrogens with two attached hydrogens (primary N) is 1. The van der Waals surface area contributed by atoms with Crippen molar-refractivity contribution in [3.8, 4) is 11.5 Å². The average Bonchev–Trinajstić information content (AvgIpc) is 3.11. The quantitative estimate of drug-likeness (QED) is 0.737. The van der Waals surface area contributed by atoms with Crippen molar-refractivity contribution in [1.29, 1.82) is 0 Å². The molecule has 1 unspecified atom stereocenters. The van der Waals surface area contributed by atoms with E-state index in [0.717, 1.165) is 0 Å². The highest BCUT2D eigenvalue weighted by Gasteiger charge is 2.21. The fourth-order valence-corrected chi connectivity index (χ4v) is 2.94. The molecule has 1 amide bonds. The van der Waals surface area contributed by atoms with Crippen LogP contribution < -0.4 is 31.4 Å². The third kappa shape index (κ3) is 2.58. The summed E-state index contributed by atoms with van der Waals surface area (Å²) in [4.78, 5) is 29.3. The van der Waals surface area contributed by atoms with Crippen LogP contribution in [0, 0.1) is 0 Å². The second kappa shape index (κ2) is 6.19. The number of nitrogens with one attached hydrogen (secondary N) is 2. The van der Waals surface area contributed by atoms with Crippen LogP contribution in [0.2, 0.25) is 0 Å². The number of hydrogen-bond donors (Lipinski definition) is 3. The van der Waals surface area contributed by atoms with Crippen molar-refractivity contribution in [2.45, 2.75) is 19.8 Å². The number of pyridine rings is 1. The van der Waals surface area contributed by atoms with Gasteiger partial charge in [0.2, 0.25) is 6.79 Å². The van der Waals surface area contributed by atoms with Gasteiger partial charge in [0.05, 0.1) is 11.0 Å². The van der Waals surface area contributed by atoms with Crippen LogP contribution in [0.25, 0.3) is 10.8 Å². The molecule has 134 valence electrons. The van der Waals surface area contributed by atoms with Crippen LogP contribution in [-0.2, 0) is 11.3 Å². The van der Waals surface area contributed by atoms with E-state index in [0.29, 0.717) is 40.2 Å². The first-order valence-electron chi connectivity index (χ1n) is 8.11. The molecule has 0 spiro atoms. The number of fused-ring (bicyclic) bond motifs is 3. The Balaban J connectivity index is 1.78. The Morgan fingerprint density at radius 1 is 1.42 bits per heavy atom. The zero-order valence-corrected chi connectivity index (χ0v) is 14.0. The van der Waals surface area contributed by atoms with Crippen molar-refractivity contribution in [3.05, 3.63) is 40.3 Å². The topological polar surface area (TPSA) is 120 Å². The number of benzene rings is 1. The number of anilines is 1. The van der Waals surface area contributed by atoms with E-state index >= 15 is 0 Å². The number of ether oxygens (including phenoxy) is 2. The lowest BCUT2D eigenvalue weighted by Gasteiger charge is -2.16. The molecule has 2 aliphatic rings. The van der Waals surface area contributed by atoms with Crippen molar-refractivity contribution >= 4 is 28.7 Å².